The van der Waals surface area contributed by atoms with Gasteiger partial charge in [0.05, 0.1) is 5.75 Å². The van der Waals surface area contributed by atoms with Crippen LogP contribution in [0.2, 0.25) is 0 Å². The molecule has 0 fully saturated rings. The van der Waals surface area contributed by atoms with Crippen molar-refractivity contribution in [3.63, 3.8) is 0 Å². The van der Waals surface area contributed by atoms with Crippen LogP contribution < -0.4 is 21.5 Å². The van der Waals surface area contributed by atoms with Gasteiger partial charge in [-0.05, 0) is 48.7 Å². The number of fused-ring (bicyclic) bond motifs is 1. The lowest BCUT2D eigenvalue weighted by Gasteiger charge is -2.29. The van der Waals surface area contributed by atoms with Crippen molar-refractivity contribution in [3.8, 4) is 0 Å². The van der Waals surface area contributed by atoms with Gasteiger partial charge in [-0.2, -0.15) is 0 Å². The van der Waals surface area contributed by atoms with Gasteiger partial charge < -0.3 is 16.0 Å². The lowest BCUT2D eigenvalue weighted by molar-refractivity contribution is -0.116. The van der Waals surface area contributed by atoms with E-state index in [9.17, 15) is 18.8 Å². The number of nitrogens with zero attached hydrogens (tertiary/aromatic N) is 2. The molecule has 0 unspecified atom stereocenters. The third kappa shape index (κ3) is 4.65. The third-order valence-corrected chi connectivity index (χ3v) is 5.87. The number of nitrogen functional groups attached to an aromatic ring is 1. The van der Waals surface area contributed by atoms with E-state index in [2.05, 4.69) is 15.3 Å². The third-order valence-electron chi connectivity index (χ3n) is 5.01. The number of thioether (sulfide) groups is 1. The number of hydrogen-bond donors (Lipinski definition) is 3. The Hall–Kier alpha value is -3.66. The molecule has 1 aliphatic rings. The molecule has 4 N–H and O–H groups in total. The highest BCUT2D eigenvalue weighted by Crippen LogP contribution is 2.28. The standard InChI is InChI=1S/C22H20FN5O3S/c23-15-9-7-14(8-10-15)20(30)25-18-19(24)26-22(27-21(18)31)32-12-17(29)28-11-3-5-13-4-1-2-6-16(13)28/h1-2,4,6-10H,3,5,11-12H2,(H,25,30)(H3,24,26,27,31). The summed E-state index contributed by atoms with van der Waals surface area (Å²) in [4.78, 5) is 45.8. The second-order valence-corrected chi connectivity index (χ2v) is 8.12. The topological polar surface area (TPSA) is 121 Å². The number of nitrogens with two attached hydrogens (primary N) is 1. The molecule has 2 heterocycles. The van der Waals surface area contributed by atoms with Crippen LogP contribution >= 0.6 is 11.8 Å². The summed E-state index contributed by atoms with van der Waals surface area (Å²) >= 11 is 1.06. The number of amides is 2. The van der Waals surface area contributed by atoms with Crippen LogP contribution in [0.15, 0.2) is 58.5 Å². The smallest absolute Gasteiger partial charge is 0.277 e. The van der Waals surface area contributed by atoms with E-state index in [-0.39, 0.29) is 33.9 Å². The van der Waals surface area contributed by atoms with Gasteiger partial charge in [0.25, 0.3) is 11.5 Å². The summed E-state index contributed by atoms with van der Waals surface area (Å²) in [6.45, 7) is 0.636. The lowest BCUT2D eigenvalue weighted by atomic mass is 10.0. The Morgan fingerprint density at radius 1 is 1.19 bits per heavy atom. The normalized spacial score (nSPS) is 12.8. The number of benzene rings is 2. The highest BCUT2D eigenvalue weighted by Gasteiger charge is 2.22. The number of aromatic nitrogens is 2. The molecule has 0 saturated carbocycles. The van der Waals surface area contributed by atoms with Crippen LogP contribution in [0.25, 0.3) is 0 Å². The van der Waals surface area contributed by atoms with E-state index in [1.165, 1.54) is 12.1 Å². The van der Waals surface area contributed by atoms with Crippen LogP contribution in [-0.4, -0.2) is 34.1 Å². The zero-order valence-corrected chi connectivity index (χ0v) is 17.7. The molecule has 3 aromatic rings. The Balaban J connectivity index is 1.43. The maximum absolute atomic E-state index is 13.0. The van der Waals surface area contributed by atoms with Crippen molar-refractivity contribution >= 4 is 40.8 Å². The Labute approximate surface area is 187 Å². The van der Waals surface area contributed by atoms with Gasteiger partial charge >= 0.3 is 0 Å². The summed E-state index contributed by atoms with van der Waals surface area (Å²) < 4.78 is 13.0. The van der Waals surface area contributed by atoms with Crippen LogP contribution in [0.3, 0.4) is 0 Å². The van der Waals surface area contributed by atoms with Gasteiger partial charge in [-0.15, -0.1) is 0 Å². The summed E-state index contributed by atoms with van der Waals surface area (Å²) in [5.41, 5.74) is 7.22. The quantitative estimate of drug-likeness (QED) is 0.404. The predicted molar refractivity (Wildman–Crippen MR) is 121 cm³/mol. The summed E-state index contributed by atoms with van der Waals surface area (Å²) in [6, 6.07) is 12.6. The Kier molecular flexibility index (Phi) is 6.22. The van der Waals surface area contributed by atoms with Crippen LogP contribution in [0.4, 0.5) is 21.6 Å². The number of H-pyrrole nitrogens is 1. The fraction of sp³-hybridized carbons (Fsp3) is 0.182. The van der Waals surface area contributed by atoms with Crippen LogP contribution in [-0.2, 0) is 11.2 Å². The Morgan fingerprint density at radius 2 is 1.94 bits per heavy atom. The van der Waals surface area contributed by atoms with E-state index in [1.807, 2.05) is 24.3 Å². The molecule has 0 atom stereocenters. The molecule has 2 aromatic carbocycles. The SMILES string of the molecule is Nc1nc(SCC(=O)N2CCCc3ccccc32)[nH]c(=O)c1NC(=O)c1ccc(F)cc1. The van der Waals surface area contributed by atoms with Crippen LogP contribution in [0.1, 0.15) is 22.3 Å². The highest BCUT2D eigenvalue weighted by molar-refractivity contribution is 7.99. The number of halogens is 1. The molecule has 0 spiro atoms. The van der Waals surface area contributed by atoms with Crippen molar-refractivity contribution in [1.29, 1.82) is 0 Å². The molecule has 10 heteroatoms. The molecule has 0 aliphatic carbocycles. The van der Waals surface area contributed by atoms with Crippen molar-refractivity contribution in [2.45, 2.75) is 18.0 Å². The number of aryl methyl sites for hydroxylation is 1. The molecule has 1 aliphatic heterocycles. The van der Waals surface area contributed by atoms with Gasteiger partial charge in [0.2, 0.25) is 5.91 Å². The fourth-order valence-electron chi connectivity index (χ4n) is 3.45. The zero-order chi connectivity index (χ0) is 22.7. The van der Waals surface area contributed by atoms with Crippen molar-refractivity contribution < 1.29 is 14.0 Å². The monoisotopic (exact) mass is 453 g/mol. The second-order valence-electron chi connectivity index (χ2n) is 7.16. The molecule has 2 amide bonds. The molecule has 0 radical (unpaired) electrons. The zero-order valence-electron chi connectivity index (χ0n) is 16.9. The van der Waals surface area contributed by atoms with Crippen molar-refractivity contribution in [1.82, 2.24) is 9.97 Å². The molecule has 0 bridgehead atoms. The largest absolute Gasteiger partial charge is 0.382 e. The average Bonchev–Trinajstić information content (AvgIpc) is 2.79. The van der Waals surface area contributed by atoms with Crippen molar-refractivity contribution in [2.24, 2.45) is 0 Å². The molecular weight excluding hydrogens is 433 g/mol. The number of anilines is 3. The number of rotatable bonds is 5. The van der Waals surface area contributed by atoms with Crippen molar-refractivity contribution in [3.05, 3.63) is 75.8 Å². The summed E-state index contributed by atoms with van der Waals surface area (Å²) in [5, 5.41) is 2.56. The summed E-state index contributed by atoms with van der Waals surface area (Å²) in [7, 11) is 0. The minimum atomic E-state index is -0.647. The molecule has 32 heavy (non-hydrogen) atoms. The highest BCUT2D eigenvalue weighted by atomic mass is 32.2. The van der Waals surface area contributed by atoms with Gasteiger partial charge in [-0.25, -0.2) is 9.37 Å². The summed E-state index contributed by atoms with van der Waals surface area (Å²) in [6.07, 6.45) is 1.82. The molecule has 8 nitrogen and oxygen atoms in total. The summed E-state index contributed by atoms with van der Waals surface area (Å²) in [5.74, 6) is -1.31. The van der Waals surface area contributed by atoms with Gasteiger partial charge in [0.1, 0.15) is 11.5 Å². The first-order chi connectivity index (χ1) is 15.4. The average molecular weight is 453 g/mol. The minimum absolute atomic E-state index is 0.0675. The first kappa shape index (κ1) is 21.6. The van der Waals surface area contributed by atoms with Gasteiger partial charge in [-0.1, -0.05) is 30.0 Å². The van der Waals surface area contributed by atoms with Gasteiger partial charge in [0.15, 0.2) is 11.0 Å². The minimum Gasteiger partial charge on any atom is -0.382 e. The van der Waals surface area contributed by atoms with Crippen molar-refractivity contribution in [2.75, 3.05) is 28.2 Å². The van der Waals surface area contributed by atoms with E-state index in [1.54, 1.807) is 4.90 Å². The lowest BCUT2D eigenvalue weighted by Crippen LogP contribution is -2.36. The molecule has 0 saturated heterocycles. The maximum Gasteiger partial charge on any atom is 0.277 e. The Bertz CT molecular complexity index is 1230. The molecule has 4 rings (SSSR count). The van der Waals surface area contributed by atoms with Gasteiger partial charge in [-0.3, -0.25) is 19.4 Å². The van der Waals surface area contributed by atoms with E-state index in [4.69, 9.17) is 5.73 Å². The first-order valence-corrected chi connectivity index (χ1v) is 10.9. The number of hydrogen-bond acceptors (Lipinski definition) is 6. The number of nitrogens with one attached hydrogen (secondary N) is 2. The number of carbonyl (C=O) groups is 2. The van der Waals surface area contributed by atoms with Gasteiger partial charge in [0, 0.05) is 17.8 Å². The predicted octanol–water partition coefficient (Wildman–Crippen LogP) is 2.82. The van der Waals surface area contributed by atoms with Crippen LogP contribution in [0.5, 0.6) is 0 Å². The van der Waals surface area contributed by atoms with Crippen LogP contribution in [0, 0.1) is 5.82 Å². The van der Waals surface area contributed by atoms with E-state index in [0.717, 1.165) is 48.0 Å². The first-order valence-electron chi connectivity index (χ1n) is 9.90. The maximum atomic E-state index is 13.0. The second kappa shape index (κ2) is 9.23. The molecule has 1 aromatic heterocycles. The number of para-hydroxylation sites is 1. The van der Waals surface area contributed by atoms with E-state index >= 15 is 0 Å². The fourth-order valence-corrected chi connectivity index (χ4v) is 4.19. The molecular formula is C22H20FN5O3S. The molecule has 164 valence electrons. The van der Waals surface area contributed by atoms with E-state index in [0.29, 0.717) is 6.54 Å². The Morgan fingerprint density at radius 3 is 2.69 bits per heavy atom. The number of carbonyl (C=O) groups excluding carboxylic acids is 2. The number of aromatic amines is 1. The van der Waals surface area contributed by atoms with E-state index < -0.39 is 17.3 Å².